The molecule has 0 heterocycles. The Bertz CT molecular complexity index is 306. The van der Waals surface area contributed by atoms with E-state index in [1.54, 1.807) is 13.1 Å². The first-order valence-corrected chi connectivity index (χ1v) is 4.50. The molecule has 0 fully saturated rings. The third kappa shape index (κ3) is 2.28. The Kier molecular flexibility index (Phi) is 3.44. The van der Waals surface area contributed by atoms with E-state index >= 15 is 0 Å². The molecule has 0 aliphatic rings. The molecule has 1 nitrogen and oxygen atoms in total. The van der Waals surface area contributed by atoms with E-state index in [1.165, 1.54) is 5.56 Å². The molecular formula is C12H15N. The summed E-state index contributed by atoms with van der Waals surface area (Å²) in [6.07, 6.45) is 2.86. The van der Waals surface area contributed by atoms with Crippen molar-refractivity contribution >= 4 is 5.71 Å². The van der Waals surface area contributed by atoms with Crippen molar-refractivity contribution in [3.8, 4) is 0 Å². The highest BCUT2D eigenvalue weighted by Gasteiger charge is 1.96. The molecule has 1 aromatic carbocycles. The van der Waals surface area contributed by atoms with Gasteiger partial charge in [-0.15, -0.1) is 0 Å². The number of hydrogen-bond donors (Lipinski definition) is 0. The van der Waals surface area contributed by atoms with Gasteiger partial charge in [-0.3, -0.25) is 4.99 Å². The van der Waals surface area contributed by atoms with Gasteiger partial charge in [0.25, 0.3) is 0 Å². The fourth-order valence-electron chi connectivity index (χ4n) is 1.25. The molecule has 0 amide bonds. The van der Waals surface area contributed by atoms with Crippen molar-refractivity contribution in [1.82, 2.24) is 0 Å². The maximum absolute atomic E-state index is 4.13. The molecule has 0 aromatic heterocycles. The fourth-order valence-corrected chi connectivity index (χ4v) is 1.25. The predicted molar refractivity (Wildman–Crippen MR) is 58.5 cm³/mol. The highest BCUT2D eigenvalue weighted by atomic mass is 14.7. The van der Waals surface area contributed by atoms with Gasteiger partial charge in [-0.1, -0.05) is 37.8 Å². The van der Waals surface area contributed by atoms with Crippen LogP contribution >= 0.6 is 0 Å². The van der Waals surface area contributed by atoms with Crippen LogP contribution in [0.4, 0.5) is 0 Å². The average molecular weight is 173 g/mol. The van der Waals surface area contributed by atoms with Crippen molar-refractivity contribution in [2.24, 2.45) is 4.99 Å². The molecule has 0 spiro atoms. The van der Waals surface area contributed by atoms with Gasteiger partial charge in [0.15, 0.2) is 0 Å². The normalized spacial score (nSPS) is 11.4. The lowest BCUT2D eigenvalue weighted by Gasteiger charge is -2.01. The zero-order valence-electron chi connectivity index (χ0n) is 8.25. The monoisotopic (exact) mass is 173 g/mol. The molecular weight excluding hydrogens is 158 g/mol. The second kappa shape index (κ2) is 4.61. The van der Waals surface area contributed by atoms with Gasteiger partial charge in [0.05, 0.1) is 5.71 Å². The minimum Gasteiger partial charge on any atom is -0.288 e. The summed E-state index contributed by atoms with van der Waals surface area (Å²) in [6, 6.07) is 8.43. The summed E-state index contributed by atoms with van der Waals surface area (Å²) in [5.74, 6) is 0. The van der Waals surface area contributed by atoms with E-state index in [0.29, 0.717) is 0 Å². The lowest BCUT2D eigenvalue weighted by atomic mass is 10.1. The molecule has 0 atom stereocenters. The van der Waals surface area contributed by atoms with Gasteiger partial charge >= 0.3 is 0 Å². The molecule has 1 aromatic rings. The van der Waals surface area contributed by atoms with Crippen molar-refractivity contribution in [2.75, 3.05) is 7.05 Å². The summed E-state index contributed by atoms with van der Waals surface area (Å²) in [5.41, 5.74) is 3.43. The van der Waals surface area contributed by atoms with Crippen molar-refractivity contribution in [1.29, 1.82) is 0 Å². The van der Waals surface area contributed by atoms with Crippen molar-refractivity contribution < 1.29 is 0 Å². The summed E-state index contributed by atoms with van der Waals surface area (Å²) in [7, 11) is 1.78. The van der Waals surface area contributed by atoms with Crippen LogP contribution in [-0.4, -0.2) is 12.8 Å². The van der Waals surface area contributed by atoms with Crippen molar-refractivity contribution in [3.63, 3.8) is 0 Å². The zero-order chi connectivity index (χ0) is 9.68. The Morgan fingerprint density at radius 3 is 2.38 bits per heavy atom. The predicted octanol–water partition coefficient (Wildman–Crippen LogP) is 2.85. The molecule has 0 aliphatic heterocycles. The van der Waals surface area contributed by atoms with Crippen LogP contribution in [0.1, 0.15) is 18.1 Å². The highest BCUT2D eigenvalue weighted by Crippen LogP contribution is 2.06. The average Bonchev–Trinajstić information content (AvgIpc) is 2.21. The Morgan fingerprint density at radius 1 is 1.38 bits per heavy atom. The summed E-state index contributed by atoms with van der Waals surface area (Å²) in [5, 5.41) is 0. The molecule has 0 aliphatic carbocycles. The molecule has 0 unspecified atom stereocenters. The molecule has 0 N–H and O–H groups in total. The van der Waals surface area contributed by atoms with Crippen molar-refractivity contribution in [2.45, 2.75) is 13.3 Å². The first kappa shape index (κ1) is 9.72. The van der Waals surface area contributed by atoms with E-state index in [2.05, 4.69) is 42.8 Å². The summed E-state index contributed by atoms with van der Waals surface area (Å²) in [4.78, 5) is 4.13. The Hall–Kier alpha value is -1.37. The van der Waals surface area contributed by atoms with Crippen LogP contribution in [0.3, 0.4) is 0 Å². The van der Waals surface area contributed by atoms with Gasteiger partial charge in [-0.2, -0.15) is 0 Å². The standard InChI is InChI=1S/C12H15N/c1-4-10-6-8-11(9-7-10)12(5-2)13-3/h5-9H,2,4H2,1,3H3. The molecule has 1 rings (SSSR count). The van der Waals surface area contributed by atoms with Crippen LogP contribution in [0.5, 0.6) is 0 Å². The summed E-state index contributed by atoms with van der Waals surface area (Å²) >= 11 is 0. The second-order valence-electron chi connectivity index (χ2n) is 2.86. The second-order valence-corrected chi connectivity index (χ2v) is 2.86. The number of hydrogen-bond acceptors (Lipinski definition) is 1. The van der Waals surface area contributed by atoms with E-state index in [4.69, 9.17) is 0 Å². The van der Waals surface area contributed by atoms with E-state index < -0.39 is 0 Å². The van der Waals surface area contributed by atoms with E-state index in [9.17, 15) is 0 Å². The van der Waals surface area contributed by atoms with Gasteiger partial charge in [0, 0.05) is 7.05 Å². The SMILES string of the molecule is C=CC(=NC)c1ccc(CC)cc1. The smallest absolute Gasteiger partial charge is 0.0637 e. The maximum Gasteiger partial charge on any atom is 0.0637 e. The van der Waals surface area contributed by atoms with Crippen LogP contribution in [0.15, 0.2) is 41.9 Å². The molecule has 13 heavy (non-hydrogen) atoms. The number of rotatable bonds is 3. The van der Waals surface area contributed by atoms with Crippen LogP contribution < -0.4 is 0 Å². The van der Waals surface area contributed by atoms with Crippen LogP contribution in [0.2, 0.25) is 0 Å². The van der Waals surface area contributed by atoms with Gasteiger partial charge in [0.1, 0.15) is 0 Å². The van der Waals surface area contributed by atoms with Crippen LogP contribution in [0.25, 0.3) is 0 Å². The molecule has 68 valence electrons. The number of aliphatic imine (C=N–C) groups is 1. The minimum atomic E-state index is 0.947. The van der Waals surface area contributed by atoms with Crippen LogP contribution in [-0.2, 0) is 6.42 Å². The van der Waals surface area contributed by atoms with Gasteiger partial charge in [0.2, 0.25) is 0 Å². The first-order valence-electron chi connectivity index (χ1n) is 4.50. The Morgan fingerprint density at radius 2 is 2.00 bits per heavy atom. The van der Waals surface area contributed by atoms with E-state index in [0.717, 1.165) is 17.7 Å². The molecule has 0 saturated carbocycles. The van der Waals surface area contributed by atoms with Gasteiger partial charge < -0.3 is 0 Å². The minimum absolute atomic E-state index is 0.947. The third-order valence-electron chi connectivity index (χ3n) is 2.09. The lowest BCUT2D eigenvalue weighted by Crippen LogP contribution is -1.95. The molecule has 0 radical (unpaired) electrons. The third-order valence-corrected chi connectivity index (χ3v) is 2.09. The van der Waals surface area contributed by atoms with Crippen LogP contribution in [0, 0.1) is 0 Å². The van der Waals surface area contributed by atoms with Crippen molar-refractivity contribution in [3.05, 3.63) is 48.0 Å². The number of nitrogens with zero attached hydrogens (tertiary/aromatic N) is 1. The van der Waals surface area contributed by atoms with Gasteiger partial charge in [-0.25, -0.2) is 0 Å². The highest BCUT2D eigenvalue weighted by molar-refractivity contribution is 6.08. The quantitative estimate of drug-likeness (QED) is 0.623. The number of allylic oxidation sites excluding steroid dienone is 1. The largest absolute Gasteiger partial charge is 0.288 e. The molecule has 0 bridgehead atoms. The maximum atomic E-state index is 4.13. The Balaban J connectivity index is 2.97. The topological polar surface area (TPSA) is 12.4 Å². The van der Waals surface area contributed by atoms with Gasteiger partial charge in [-0.05, 0) is 23.6 Å². The first-order chi connectivity index (χ1) is 6.31. The lowest BCUT2D eigenvalue weighted by molar-refractivity contribution is 1.14. The summed E-state index contributed by atoms with van der Waals surface area (Å²) in [6.45, 7) is 5.87. The zero-order valence-corrected chi connectivity index (χ0v) is 8.25. The molecule has 1 heteroatoms. The van der Waals surface area contributed by atoms with E-state index in [-0.39, 0.29) is 0 Å². The molecule has 0 saturated heterocycles. The fraction of sp³-hybridized carbons (Fsp3) is 0.250. The summed E-state index contributed by atoms with van der Waals surface area (Å²) < 4.78 is 0. The van der Waals surface area contributed by atoms with E-state index in [1.807, 2.05) is 0 Å². The Labute approximate surface area is 79.8 Å². The number of benzene rings is 1. The number of aryl methyl sites for hydroxylation is 1.